The van der Waals surface area contributed by atoms with Gasteiger partial charge in [-0.3, -0.25) is 4.57 Å². The van der Waals surface area contributed by atoms with Crippen LogP contribution < -0.4 is 0 Å². The maximum absolute atomic E-state index is 6.19. The third kappa shape index (κ3) is 5.15. The lowest BCUT2D eigenvalue weighted by molar-refractivity contribution is 0.669. The third-order valence-electron chi connectivity index (χ3n) is 11.1. The van der Waals surface area contributed by atoms with Crippen molar-refractivity contribution in [1.29, 1.82) is 0 Å². The molecule has 11 aromatic rings. The van der Waals surface area contributed by atoms with Crippen LogP contribution >= 0.6 is 0 Å². The van der Waals surface area contributed by atoms with E-state index in [1.165, 1.54) is 10.8 Å². The number of rotatable bonds is 6. The largest absolute Gasteiger partial charge is 0.456 e. The van der Waals surface area contributed by atoms with Crippen LogP contribution in [0.1, 0.15) is 19.7 Å². The Labute approximate surface area is 328 Å². The normalized spacial score (nSPS) is 12.4. The van der Waals surface area contributed by atoms with Gasteiger partial charge in [-0.25, -0.2) is 4.98 Å². The van der Waals surface area contributed by atoms with Gasteiger partial charge in [-0.15, -0.1) is 0 Å². The lowest BCUT2D eigenvalue weighted by Crippen LogP contribution is -2.07. The SMILES string of the molecule is C/C=C\C(=C/C)c1nc(-c2ccccc2)nc(-n2c3ccccc3c3c(-c4ccc5c(c4)c4ccccc4n5-c4ccc5oc6ccccc6c5c4)cccc32)n1. The van der Waals surface area contributed by atoms with E-state index in [0.29, 0.717) is 17.6 Å². The summed E-state index contributed by atoms with van der Waals surface area (Å²) in [6.07, 6.45) is 6.10. The van der Waals surface area contributed by atoms with Crippen LogP contribution in [0, 0.1) is 0 Å². The maximum atomic E-state index is 6.19. The molecule has 0 aliphatic carbocycles. The van der Waals surface area contributed by atoms with E-state index in [0.717, 1.165) is 82.7 Å². The molecule has 0 bridgehead atoms. The zero-order chi connectivity index (χ0) is 38.0. The number of aromatic nitrogens is 5. The molecule has 270 valence electrons. The summed E-state index contributed by atoms with van der Waals surface area (Å²) >= 11 is 0. The number of nitrogens with zero attached hydrogens (tertiary/aromatic N) is 5. The van der Waals surface area contributed by atoms with Crippen LogP contribution in [0.5, 0.6) is 0 Å². The van der Waals surface area contributed by atoms with E-state index in [-0.39, 0.29) is 0 Å². The van der Waals surface area contributed by atoms with Crippen LogP contribution in [-0.4, -0.2) is 24.1 Å². The summed E-state index contributed by atoms with van der Waals surface area (Å²) in [5.41, 5.74) is 11.4. The first-order valence-corrected chi connectivity index (χ1v) is 19.3. The zero-order valence-corrected chi connectivity index (χ0v) is 31.4. The second-order valence-corrected chi connectivity index (χ2v) is 14.3. The molecular weight excluding hydrogens is 699 g/mol. The number of para-hydroxylation sites is 3. The summed E-state index contributed by atoms with van der Waals surface area (Å²) in [6.45, 7) is 4.02. The second kappa shape index (κ2) is 13.0. The number of benzene rings is 7. The van der Waals surface area contributed by atoms with Crippen molar-refractivity contribution in [2.45, 2.75) is 13.8 Å². The fraction of sp³-hybridized carbons (Fsp3) is 0.0392. The van der Waals surface area contributed by atoms with E-state index in [9.17, 15) is 0 Å². The predicted octanol–water partition coefficient (Wildman–Crippen LogP) is 13.3. The maximum Gasteiger partial charge on any atom is 0.238 e. The highest BCUT2D eigenvalue weighted by atomic mass is 16.3. The molecule has 7 aromatic carbocycles. The van der Waals surface area contributed by atoms with Crippen LogP contribution in [0.3, 0.4) is 0 Å². The van der Waals surface area contributed by atoms with E-state index >= 15 is 0 Å². The van der Waals surface area contributed by atoms with Gasteiger partial charge in [-0.05, 0) is 79.6 Å². The minimum atomic E-state index is 0.576. The fourth-order valence-corrected chi connectivity index (χ4v) is 8.54. The molecule has 4 aromatic heterocycles. The van der Waals surface area contributed by atoms with Gasteiger partial charge in [-0.1, -0.05) is 121 Å². The Morgan fingerprint density at radius 2 is 1.21 bits per heavy atom. The number of fused-ring (bicyclic) bond motifs is 9. The first-order chi connectivity index (χ1) is 28.2. The van der Waals surface area contributed by atoms with Crippen molar-refractivity contribution >= 4 is 71.1 Å². The molecule has 0 radical (unpaired) electrons. The molecule has 57 heavy (non-hydrogen) atoms. The smallest absolute Gasteiger partial charge is 0.238 e. The first-order valence-electron chi connectivity index (χ1n) is 19.3. The average Bonchev–Trinajstić information content (AvgIpc) is 3.93. The lowest BCUT2D eigenvalue weighted by Gasteiger charge is -2.11. The lowest BCUT2D eigenvalue weighted by atomic mass is 9.98. The highest BCUT2D eigenvalue weighted by molar-refractivity contribution is 6.17. The van der Waals surface area contributed by atoms with Gasteiger partial charge in [0.2, 0.25) is 5.95 Å². The van der Waals surface area contributed by atoms with Crippen LogP contribution in [-0.2, 0) is 0 Å². The van der Waals surface area contributed by atoms with Gasteiger partial charge < -0.3 is 8.98 Å². The molecule has 6 nitrogen and oxygen atoms in total. The molecule has 0 amide bonds. The summed E-state index contributed by atoms with van der Waals surface area (Å²) in [5, 5.41) is 6.91. The van der Waals surface area contributed by atoms with Crippen molar-refractivity contribution in [3.63, 3.8) is 0 Å². The Bertz CT molecular complexity index is 3440. The van der Waals surface area contributed by atoms with Crippen molar-refractivity contribution < 1.29 is 4.42 Å². The minimum Gasteiger partial charge on any atom is -0.456 e. The van der Waals surface area contributed by atoms with Gasteiger partial charge in [0.1, 0.15) is 11.2 Å². The summed E-state index contributed by atoms with van der Waals surface area (Å²) < 4.78 is 10.8. The molecule has 0 saturated carbocycles. The minimum absolute atomic E-state index is 0.576. The van der Waals surface area contributed by atoms with Gasteiger partial charge in [0.25, 0.3) is 0 Å². The van der Waals surface area contributed by atoms with E-state index in [4.69, 9.17) is 19.4 Å². The van der Waals surface area contributed by atoms with Crippen LogP contribution in [0.15, 0.2) is 180 Å². The Kier molecular flexibility index (Phi) is 7.51. The van der Waals surface area contributed by atoms with Gasteiger partial charge in [0.15, 0.2) is 11.6 Å². The molecular formula is C51H35N5O. The topological polar surface area (TPSA) is 61.7 Å². The Morgan fingerprint density at radius 1 is 0.509 bits per heavy atom. The molecule has 0 spiro atoms. The molecule has 4 heterocycles. The summed E-state index contributed by atoms with van der Waals surface area (Å²) in [7, 11) is 0. The van der Waals surface area contributed by atoms with E-state index in [1.54, 1.807) is 0 Å². The summed E-state index contributed by atoms with van der Waals surface area (Å²) in [6, 6.07) is 55.5. The number of allylic oxidation sites excluding steroid dienone is 4. The average molecular weight is 734 g/mol. The quantitative estimate of drug-likeness (QED) is 0.160. The van der Waals surface area contributed by atoms with Gasteiger partial charge in [0, 0.05) is 49.1 Å². The Morgan fingerprint density at radius 3 is 2.04 bits per heavy atom. The summed E-state index contributed by atoms with van der Waals surface area (Å²) in [5.74, 6) is 1.83. The number of furan rings is 1. The van der Waals surface area contributed by atoms with E-state index in [2.05, 4.69) is 124 Å². The van der Waals surface area contributed by atoms with Gasteiger partial charge in [-0.2, -0.15) is 9.97 Å². The Balaban J connectivity index is 1.13. The number of hydrogen-bond acceptors (Lipinski definition) is 4. The zero-order valence-electron chi connectivity index (χ0n) is 31.4. The molecule has 0 fully saturated rings. The van der Waals surface area contributed by atoms with Gasteiger partial charge in [0.05, 0.1) is 22.1 Å². The van der Waals surface area contributed by atoms with Crippen molar-refractivity contribution in [2.75, 3.05) is 0 Å². The standard InChI is InChI=1S/C51H35N5O/c1-3-15-32(4-2)49-52-50(33-16-6-5-7-17-33)54-51(53-49)56-43-23-12-9-20-39(43)48-36(21-14-24-45(48)56)34-26-28-44-40(30-34)37-18-8-11-22-42(37)55(44)35-27-29-47-41(31-35)38-19-10-13-25-46(38)57-47/h3-31H,1-2H3/b15-3-,32-4+. The van der Waals surface area contributed by atoms with Crippen molar-refractivity contribution in [2.24, 2.45) is 0 Å². The molecule has 0 aliphatic rings. The van der Waals surface area contributed by atoms with Crippen molar-refractivity contribution in [3.05, 3.63) is 182 Å². The third-order valence-corrected chi connectivity index (χ3v) is 11.1. The van der Waals surface area contributed by atoms with Gasteiger partial charge >= 0.3 is 0 Å². The highest BCUT2D eigenvalue weighted by Gasteiger charge is 2.21. The molecule has 0 atom stereocenters. The van der Waals surface area contributed by atoms with E-state index in [1.807, 2.05) is 74.5 Å². The highest BCUT2D eigenvalue weighted by Crippen LogP contribution is 2.41. The van der Waals surface area contributed by atoms with Crippen LogP contribution in [0.25, 0.3) is 105 Å². The monoisotopic (exact) mass is 733 g/mol. The molecule has 0 N–H and O–H groups in total. The fourth-order valence-electron chi connectivity index (χ4n) is 8.54. The molecule has 6 heteroatoms. The van der Waals surface area contributed by atoms with Crippen molar-refractivity contribution in [3.8, 4) is 34.2 Å². The van der Waals surface area contributed by atoms with E-state index < -0.39 is 0 Å². The van der Waals surface area contributed by atoms with Crippen molar-refractivity contribution in [1.82, 2.24) is 24.1 Å². The predicted molar refractivity (Wildman–Crippen MR) is 235 cm³/mol. The summed E-state index contributed by atoms with van der Waals surface area (Å²) in [4.78, 5) is 15.3. The second-order valence-electron chi connectivity index (χ2n) is 14.3. The molecule has 0 aliphatic heterocycles. The molecule has 11 rings (SSSR count). The first kappa shape index (κ1) is 32.8. The number of hydrogen-bond donors (Lipinski definition) is 0. The molecule has 0 saturated heterocycles. The van der Waals surface area contributed by atoms with Crippen LogP contribution in [0.4, 0.5) is 0 Å². The van der Waals surface area contributed by atoms with Crippen LogP contribution in [0.2, 0.25) is 0 Å². The Hall–Kier alpha value is -7.57. The molecule has 0 unspecified atom stereocenters.